The van der Waals surface area contributed by atoms with E-state index in [-0.39, 0.29) is 18.4 Å². The Kier molecular flexibility index (Phi) is 9.93. The van der Waals surface area contributed by atoms with Gasteiger partial charge in [0.15, 0.2) is 0 Å². The highest BCUT2D eigenvalue weighted by molar-refractivity contribution is 5.96. The number of nitrogens with zero attached hydrogens (tertiary/aromatic N) is 2. The first kappa shape index (κ1) is 26.0. The Balaban J connectivity index is 1.78. The normalized spacial score (nSPS) is 10.7. The van der Waals surface area contributed by atoms with Gasteiger partial charge in [0.2, 0.25) is 5.91 Å². The first-order chi connectivity index (χ1) is 17.0. The molecule has 0 radical (unpaired) electrons. The molecule has 0 aliphatic carbocycles. The summed E-state index contributed by atoms with van der Waals surface area (Å²) >= 11 is 0. The third kappa shape index (κ3) is 8.00. The van der Waals surface area contributed by atoms with Gasteiger partial charge in [-0.05, 0) is 62.2 Å². The second-order valence-corrected chi connectivity index (χ2v) is 8.25. The molecule has 0 atom stereocenters. The Labute approximate surface area is 207 Å². The average molecular weight is 479 g/mol. The van der Waals surface area contributed by atoms with Gasteiger partial charge in [0.25, 0.3) is 5.91 Å². The third-order valence-corrected chi connectivity index (χ3v) is 5.58. The molecule has 0 unspecified atom stereocenters. The summed E-state index contributed by atoms with van der Waals surface area (Å²) in [7, 11) is 1.58. The van der Waals surface area contributed by atoms with E-state index in [4.69, 9.17) is 13.9 Å². The molecule has 0 aliphatic heterocycles. The topological polar surface area (TPSA) is 72.2 Å². The molecule has 3 aromatic rings. The fourth-order valence-corrected chi connectivity index (χ4v) is 3.73. The quantitative estimate of drug-likeness (QED) is 0.333. The van der Waals surface area contributed by atoms with Gasteiger partial charge in [-0.2, -0.15) is 0 Å². The molecule has 2 amide bonds. The van der Waals surface area contributed by atoms with Gasteiger partial charge in [0, 0.05) is 31.9 Å². The van der Waals surface area contributed by atoms with Crippen LogP contribution in [0.5, 0.6) is 5.75 Å². The number of rotatable bonds is 13. The van der Waals surface area contributed by atoms with E-state index in [1.807, 2.05) is 56.3 Å². The van der Waals surface area contributed by atoms with Crippen molar-refractivity contribution in [3.8, 4) is 5.75 Å². The van der Waals surface area contributed by atoms with E-state index in [1.54, 1.807) is 41.2 Å². The minimum atomic E-state index is -0.203. The van der Waals surface area contributed by atoms with E-state index in [0.29, 0.717) is 56.3 Å². The van der Waals surface area contributed by atoms with E-state index in [0.717, 1.165) is 11.3 Å². The lowest BCUT2D eigenvalue weighted by Gasteiger charge is -2.27. The van der Waals surface area contributed by atoms with Gasteiger partial charge >= 0.3 is 0 Å². The smallest absolute Gasteiger partial charge is 0.254 e. The number of hydrogen-bond acceptors (Lipinski definition) is 5. The van der Waals surface area contributed by atoms with Crippen LogP contribution >= 0.6 is 0 Å². The number of carbonyl (C=O) groups excluding carboxylic acids is 2. The lowest BCUT2D eigenvalue weighted by Crippen LogP contribution is -2.43. The molecule has 0 spiro atoms. The number of aryl methyl sites for hydroxylation is 1. The van der Waals surface area contributed by atoms with Gasteiger partial charge in [0.1, 0.15) is 23.8 Å². The van der Waals surface area contributed by atoms with E-state index >= 15 is 0 Å². The van der Waals surface area contributed by atoms with Crippen molar-refractivity contribution in [2.45, 2.75) is 33.4 Å². The second kappa shape index (κ2) is 13.3. The molecule has 35 heavy (non-hydrogen) atoms. The zero-order valence-electron chi connectivity index (χ0n) is 20.7. The van der Waals surface area contributed by atoms with Crippen molar-refractivity contribution in [3.05, 3.63) is 89.4 Å². The summed E-state index contributed by atoms with van der Waals surface area (Å²) in [6, 6.07) is 20.5. The molecule has 0 N–H and O–H groups in total. The largest absolute Gasteiger partial charge is 0.497 e. The number of furan rings is 1. The molecule has 3 rings (SSSR count). The van der Waals surface area contributed by atoms with Crippen LogP contribution in [0.4, 0.5) is 0 Å². The highest BCUT2D eigenvalue weighted by Crippen LogP contribution is 2.16. The number of hydrogen-bond donors (Lipinski definition) is 0. The van der Waals surface area contributed by atoms with Gasteiger partial charge in [0.05, 0.1) is 13.7 Å². The summed E-state index contributed by atoms with van der Waals surface area (Å²) in [6.07, 6.45) is 0.638. The van der Waals surface area contributed by atoms with E-state index < -0.39 is 0 Å². The van der Waals surface area contributed by atoms with Crippen LogP contribution in [-0.4, -0.2) is 55.0 Å². The van der Waals surface area contributed by atoms with E-state index in [9.17, 15) is 9.59 Å². The van der Waals surface area contributed by atoms with Crippen LogP contribution in [0.2, 0.25) is 0 Å². The summed E-state index contributed by atoms with van der Waals surface area (Å²) in [5, 5.41) is 0. The van der Waals surface area contributed by atoms with Crippen molar-refractivity contribution in [1.82, 2.24) is 9.80 Å². The maximum Gasteiger partial charge on any atom is 0.254 e. The van der Waals surface area contributed by atoms with Crippen LogP contribution in [0.3, 0.4) is 0 Å². The van der Waals surface area contributed by atoms with Crippen molar-refractivity contribution >= 4 is 11.8 Å². The van der Waals surface area contributed by atoms with Crippen molar-refractivity contribution in [1.29, 1.82) is 0 Å². The molecular weight excluding hydrogens is 444 g/mol. The standard InChI is InChI=1S/C28H34N2O5/c1-4-34-18-8-17-29(28(32)24-12-15-25(33-3)16-13-24)21-27(31)30(19-23-9-6-5-7-10-23)20-26-14-11-22(2)35-26/h5-7,9-16H,4,8,17-21H2,1-3H3. The maximum absolute atomic E-state index is 13.5. The van der Waals surface area contributed by atoms with Gasteiger partial charge in [-0.3, -0.25) is 9.59 Å². The fourth-order valence-electron chi connectivity index (χ4n) is 3.73. The molecule has 0 bridgehead atoms. The lowest BCUT2D eigenvalue weighted by molar-refractivity contribution is -0.133. The Morgan fingerprint density at radius 1 is 0.914 bits per heavy atom. The molecule has 7 nitrogen and oxygen atoms in total. The first-order valence-electron chi connectivity index (χ1n) is 11.9. The van der Waals surface area contributed by atoms with Crippen LogP contribution < -0.4 is 4.74 Å². The highest BCUT2D eigenvalue weighted by atomic mass is 16.5. The summed E-state index contributed by atoms with van der Waals surface area (Å²) in [5.74, 6) is 1.81. The molecule has 1 heterocycles. The Morgan fingerprint density at radius 2 is 1.66 bits per heavy atom. The number of methoxy groups -OCH3 is 1. The minimum Gasteiger partial charge on any atom is -0.497 e. The molecule has 0 saturated heterocycles. The van der Waals surface area contributed by atoms with Gasteiger partial charge in [-0.15, -0.1) is 0 Å². The zero-order valence-corrected chi connectivity index (χ0v) is 20.7. The van der Waals surface area contributed by atoms with Crippen molar-refractivity contribution in [2.24, 2.45) is 0 Å². The number of benzene rings is 2. The van der Waals surface area contributed by atoms with Crippen LogP contribution in [0.15, 0.2) is 71.1 Å². The first-order valence-corrected chi connectivity index (χ1v) is 11.9. The van der Waals surface area contributed by atoms with Crippen LogP contribution in [0, 0.1) is 6.92 Å². The molecule has 186 valence electrons. The molecule has 0 fully saturated rings. The fraction of sp³-hybridized carbons (Fsp3) is 0.357. The number of ether oxygens (including phenoxy) is 2. The Hall–Kier alpha value is -3.58. The summed E-state index contributed by atoms with van der Waals surface area (Å²) in [5.41, 5.74) is 1.51. The average Bonchev–Trinajstić information content (AvgIpc) is 3.30. The molecule has 0 aliphatic rings. The molecule has 7 heteroatoms. The molecule has 1 aromatic heterocycles. The number of carbonyl (C=O) groups is 2. The predicted molar refractivity (Wildman–Crippen MR) is 134 cm³/mol. The molecule has 0 saturated carbocycles. The van der Waals surface area contributed by atoms with E-state index in [1.165, 1.54) is 0 Å². The third-order valence-electron chi connectivity index (χ3n) is 5.58. The summed E-state index contributed by atoms with van der Waals surface area (Å²) < 4.78 is 16.4. The highest BCUT2D eigenvalue weighted by Gasteiger charge is 2.23. The monoisotopic (exact) mass is 478 g/mol. The minimum absolute atomic E-state index is 0.0382. The SMILES string of the molecule is CCOCCCN(CC(=O)N(Cc1ccccc1)Cc1ccc(C)o1)C(=O)c1ccc(OC)cc1. The van der Waals surface area contributed by atoms with Crippen molar-refractivity contribution in [3.63, 3.8) is 0 Å². The van der Waals surface area contributed by atoms with Gasteiger partial charge in [-0.1, -0.05) is 30.3 Å². The van der Waals surface area contributed by atoms with Crippen LogP contribution in [0.25, 0.3) is 0 Å². The summed E-state index contributed by atoms with van der Waals surface area (Å²) in [4.78, 5) is 30.2. The van der Waals surface area contributed by atoms with Gasteiger partial charge < -0.3 is 23.7 Å². The second-order valence-electron chi connectivity index (χ2n) is 8.25. The van der Waals surface area contributed by atoms with Gasteiger partial charge in [-0.25, -0.2) is 0 Å². The lowest BCUT2D eigenvalue weighted by atomic mass is 10.1. The Morgan fingerprint density at radius 3 is 2.29 bits per heavy atom. The van der Waals surface area contributed by atoms with Crippen molar-refractivity contribution in [2.75, 3.05) is 33.4 Å². The predicted octanol–water partition coefficient (Wildman–Crippen LogP) is 4.69. The maximum atomic E-state index is 13.5. The molecular formula is C28H34N2O5. The van der Waals surface area contributed by atoms with Crippen LogP contribution in [-0.2, 0) is 22.6 Å². The molecule has 2 aromatic carbocycles. The number of amides is 2. The Bertz CT molecular complexity index is 1060. The summed E-state index contributed by atoms with van der Waals surface area (Å²) in [6.45, 7) is 6.06. The van der Waals surface area contributed by atoms with Crippen LogP contribution in [0.1, 0.15) is 40.8 Å². The zero-order chi connectivity index (χ0) is 25.0. The van der Waals surface area contributed by atoms with Crippen molar-refractivity contribution < 1.29 is 23.5 Å². The van der Waals surface area contributed by atoms with E-state index in [2.05, 4.69) is 0 Å².